The molecule has 2 fully saturated rings. The maximum Gasteiger partial charge on any atom is 0.416 e. The van der Waals surface area contributed by atoms with Crippen molar-refractivity contribution in [2.75, 3.05) is 24.7 Å². The Hall–Kier alpha value is -3.40. The third-order valence-corrected chi connectivity index (χ3v) is 8.02. The lowest BCUT2D eigenvalue weighted by Crippen LogP contribution is -2.43. The molecule has 4 heterocycles. The average molecular weight is 638 g/mol. The number of rotatable bonds is 5. The van der Waals surface area contributed by atoms with E-state index in [-0.39, 0.29) is 62.3 Å². The molecule has 7 nitrogen and oxygen atoms in total. The van der Waals surface area contributed by atoms with E-state index in [2.05, 4.69) is 10.1 Å². The normalized spacial score (nSPS) is 22.2. The molecule has 3 aromatic rings. The van der Waals surface area contributed by atoms with Gasteiger partial charge < -0.3 is 14.2 Å². The molecular weight excluding hydrogens is 609 g/mol. The van der Waals surface area contributed by atoms with Crippen LogP contribution in [-0.4, -0.2) is 52.1 Å². The number of aryl methyl sites for hydroxylation is 2. The van der Waals surface area contributed by atoms with Gasteiger partial charge in [-0.15, -0.1) is 0 Å². The molecule has 0 N–H and O–H groups in total. The lowest BCUT2D eigenvalue weighted by Gasteiger charge is -2.35. The Morgan fingerprint density at radius 2 is 1.61 bits per heavy atom. The maximum atomic E-state index is 13.6. The Labute approximate surface area is 246 Å². The third kappa shape index (κ3) is 6.50. The highest BCUT2D eigenvalue weighted by Gasteiger charge is 2.43. The largest absolute Gasteiger partial charge is 0.416 e. The summed E-state index contributed by atoms with van der Waals surface area (Å²) < 4.78 is 133. The number of piperidine rings is 1. The highest BCUT2D eigenvalue weighted by molar-refractivity contribution is 5.64. The van der Waals surface area contributed by atoms with E-state index in [1.54, 1.807) is 25.7 Å². The summed E-state index contributed by atoms with van der Waals surface area (Å²) in [6.45, 7) is 4.63. The fourth-order valence-corrected chi connectivity index (χ4v) is 5.72. The predicted octanol–water partition coefficient (Wildman–Crippen LogP) is 7.48. The fourth-order valence-electron chi connectivity index (χ4n) is 5.72. The van der Waals surface area contributed by atoms with Crippen LogP contribution in [0.5, 0.6) is 0 Å². The molecule has 2 aliphatic rings. The van der Waals surface area contributed by atoms with Crippen LogP contribution in [0.1, 0.15) is 59.7 Å². The zero-order chi connectivity index (χ0) is 32.2. The van der Waals surface area contributed by atoms with Crippen molar-refractivity contribution in [3.63, 3.8) is 0 Å². The minimum absolute atomic E-state index is 0.0322. The Morgan fingerprint density at radius 1 is 0.955 bits per heavy atom. The standard InChI is InChI=1S/C28H28F9N5O2/c1-14-23(16(3)44-40-14)21-10-38-25(41-6-4-5-18(11-41)26(29,30)31)22(39-21)12-42-13-43-24(15(42)2)17-7-19(27(32,33)34)9-20(8-17)28(35,36)37/h7-10,15,18,24H,4-6,11-13H2,1-3H3/t15-,18?,24+/m0/s1. The van der Waals surface area contributed by atoms with E-state index in [0.717, 1.165) is 0 Å². The molecule has 2 aromatic heterocycles. The smallest absolute Gasteiger partial charge is 0.361 e. The molecule has 0 amide bonds. The second-order valence-corrected chi connectivity index (χ2v) is 11.1. The van der Waals surface area contributed by atoms with Gasteiger partial charge in [0.2, 0.25) is 0 Å². The van der Waals surface area contributed by atoms with Crippen LogP contribution in [0.3, 0.4) is 0 Å². The maximum absolute atomic E-state index is 13.6. The SMILES string of the molecule is Cc1noc(C)c1-c1cnc(N2CCCC(C(F)(F)F)C2)c(CN2CO[C@@H](c3cc(C(F)(F)F)cc(C(F)(F)F)c3)[C@@H]2C)n1. The molecule has 2 saturated heterocycles. The van der Waals surface area contributed by atoms with E-state index in [9.17, 15) is 39.5 Å². The third-order valence-electron chi connectivity index (χ3n) is 8.02. The van der Waals surface area contributed by atoms with Crippen LogP contribution in [0.2, 0.25) is 0 Å². The van der Waals surface area contributed by atoms with Crippen LogP contribution in [0.25, 0.3) is 11.3 Å². The molecule has 0 saturated carbocycles. The van der Waals surface area contributed by atoms with Gasteiger partial charge >= 0.3 is 18.5 Å². The first-order valence-electron chi connectivity index (χ1n) is 13.7. The number of anilines is 1. The minimum Gasteiger partial charge on any atom is -0.361 e. The van der Waals surface area contributed by atoms with Gasteiger partial charge in [0.05, 0.1) is 52.0 Å². The van der Waals surface area contributed by atoms with E-state index < -0.39 is 47.7 Å². The number of ether oxygens (including phenoxy) is 1. The van der Waals surface area contributed by atoms with Crippen LogP contribution in [-0.2, 0) is 23.6 Å². The quantitative estimate of drug-likeness (QED) is 0.269. The van der Waals surface area contributed by atoms with Crippen LogP contribution in [0.15, 0.2) is 28.9 Å². The van der Waals surface area contributed by atoms with E-state index in [1.807, 2.05) is 0 Å². The van der Waals surface area contributed by atoms with Crippen molar-refractivity contribution in [2.45, 2.75) is 70.8 Å². The first-order chi connectivity index (χ1) is 20.4. The Kier molecular flexibility index (Phi) is 8.37. The summed E-state index contributed by atoms with van der Waals surface area (Å²) >= 11 is 0. The number of hydrogen-bond acceptors (Lipinski definition) is 7. The van der Waals surface area contributed by atoms with Crippen LogP contribution >= 0.6 is 0 Å². The summed E-state index contributed by atoms with van der Waals surface area (Å²) in [6, 6.07) is 0.583. The van der Waals surface area contributed by atoms with Crippen molar-refractivity contribution < 1.29 is 48.8 Å². The first-order valence-corrected chi connectivity index (χ1v) is 13.7. The summed E-state index contributed by atoms with van der Waals surface area (Å²) in [6.07, 6.45) is -14.0. The zero-order valence-electron chi connectivity index (χ0n) is 23.7. The molecule has 240 valence electrons. The zero-order valence-corrected chi connectivity index (χ0v) is 23.7. The number of benzene rings is 1. The molecule has 0 radical (unpaired) electrons. The summed E-state index contributed by atoms with van der Waals surface area (Å²) in [5.74, 6) is -0.938. The van der Waals surface area contributed by atoms with Crippen molar-refractivity contribution >= 4 is 5.82 Å². The molecular formula is C28H28F9N5O2. The number of alkyl halides is 9. The molecule has 5 rings (SSSR count). The summed E-state index contributed by atoms with van der Waals surface area (Å²) in [5.41, 5.74) is -1.55. The summed E-state index contributed by atoms with van der Waals surface area (Å²) in [5, 5.41) is 3.91. The summed E-state index contributed by atoms with van der Waals surface area (Å²) in [4.78, 5) is 12.3. The molecule has 2 aliphatic heterocycles. The highest BCUT2D eigenvalue weighted by atomic mass is 19.4. The Balaban J connectivity index is 1.49. The number of aromatic nitrogens is 3. The van der Waals surface area contributed by atoms with Crippen molar-refractivity contribution in [3.8, 4) is 11.3 Å². The van der Waals surface area contributed by atoms with Crippen molar-refractivity contribution in [2.24, 2.45) is 5.92 Å². The van der Waals surface area contributed by atoms with Crippen LogP contribution in [0, 0.1) is 19.8 Å². The van der Waals surface area contributed by atoms with Gasteiger partial charge in [-0.25, -0.2) is 9.97 Å². The van der Waals surface area contributed by atoms with Gasteiger partial charge in [0.15, 0.2) is 5.82 Å². The number of nitrogens with zero attached hydrogens (tertiary/aromatic N) is 5. The second-order valence-electron chi connectivity index (χ2n) is 11.1. The van der Waals surface area contributed by atoms with Gasteiger partial charge in [0, 0.05) is 25.7 Å². The van der Waals surface area contributed by atoms with E-state index in [0.29, 0.717) is 34.8 Å². The molecule has 1 unspecified atom stereocenters. The lowest BCUT2D eigenvalue weighted by atomic mass is 9.97. The lowest BCUT2D eigenvalue weighted by molar-refractivity contribution is -0.176. The molecule has 1 aromatic carbocycles. The van der Waals surface area contributed by atoms with Gasteiger partial charge in [-0.2, -0.15) is 39.5 Å². The van der Waals surface area contributed by atoms with Gasteiger partial charge in [-0.05, 0) is 57.4 Å². The molecule has 0 spiro atoms. The predicted molar refractivity (Wildman–Crippen MR) is 138 cm³/mol. The van der Waals surface area contributed by atoms with Gasteiger partial charge in [-0.3, -0.25) is 4.90 Å². The number of halogens is 9. The highest BCUT2D eigenvalue weighted by Crippen LogP contribution is 2.41. The van der Waals surface area contributed by atoms with Crippen molar-refractivity contribution in [1.82, 2.24) is 20.0 Å². The van der Waals surface area contributed by atoms with Crippen molar-refractivity contribution in [1.29, 1.82) is 0 Å². The van der Waals surface area contributed by atoms with Gasteiger partial charge in [0.25, 0.3) is 0 Å². The fraction of sp³-hybridized carbons (Fsp3) is 0.536. The van der Waals surface area contributed by atoms with Crippen molar-refractivity contribution in [3.05, 3.63) is 58.2 Å². The monoisotopic (exact) mass is 637 g/mol. The molecule has 3 atom stereocenters. The van der Waals surface area contributed by atoms with E-state index in [1.165, 1.54) is 11.1 Å². The Bertz CT molecular complexity index is 1450. The summed E-state index contributed by atoms with van der Waals surface area (Å²) in [7, 11) is 0. The first kappa shape index (κ1) is 32.0. The van der Waals surface area contributed by atoms with E-state index >= 15 is 0 Å². The molecule has 0 aliphatic carbocycles. The molecule has 44 heavy (non-hydrogen) atoms. The minimum atomic E-state index is -5.02. The van der Waals surface area contributed by atoms with Gasteiger partial charge in [-0.1, -0.05) is 5.16 Å². The van der Waals surface area contributed by atoms with E-state index in [4.69, 9.17) is 14.2 Å². The van der Waals surface area contributed by atoms with Crippen LogP contribution < -0.4 is 4.90 Å². The Morgan fingerprint density at radius 3 is 2.18 bits per heavy atom. The molecule has 0 bridgehead atoms. The molecule has 16 heteroatoms. The van der Waals surface area contributed by atoms with Gasteiger partial charge in [0.1, 0.15) is 12.5 Å². The average Bonchev–Trinajstić information content (AvgIpc) is 3.47. The van der Waals surface area contributed by atoms with Crippen LogP contribution in [0.4, 0.5) is 45.3 Å². The topological polar surface area (TPSA) is 67.5 Å². The second kappa shape index (κ2) is 11.5. The number of hydrogen-bond donors (Lipinski definition) is 0.